The van der Waals surface area contributed by atoms with E-state index < -0.39 is 11.8 Å². The fourth-order valence-electron chi connectivity index (χ4n) is 2.93. The van der Waals surface area contributed by atoms with Crippen molar-refractivity contribution >= 4 is 40.7 Å². The van der Waals surface area contributed by atoms with Crippen molar-refractivity contribution in [2.75, 3.05) is 23.4 Å². The summed E-state index contributed by atoms with van der Waals surface area (Å²) in [5.41, 5.74) is 7.46. The number of anilines is 2. The molecule has 0 aliphatic carbocycles. The van der Waals surface area contributed by atoms with Gasteiger partial charge in [0.15, 0.2) is 6.61 Å². The van der Waals surface area contributed by atoms with Gasteiger partial charge in [0.2, 0.25) is 11.8 Å². The number of aryl methyl sites for hydroxylation is 1. The van der Waals surface area contributed by atoms with Gasteiger partial charge in [-0.15, -0.1) is 0 Å². The first-order valence-corrected chi connectivity index (χ1v) is 9.10. The van der Waals surface area contributed by atoms with Crippen molar-refractivity contribution in [3.05, 3.63) is 53.1 Å². The molecule has 1 aliphatic heterocycles. The Bertz CT molecular complexity index is 914. The smallest absolute Gasteiger partial charge is 0.262 e. The summed E-state index contributed by atoms with van der Waals surface area (Å²) in [6, 6.07) is 12.0. The number of primary amides is 1. The van der Waals surface area contributed by atoms with Gasteiger partial charge in [0.25, 0.3) is 5.91 Å². The quantitative estimate of drug-likeness (QED) is 0.776. The molecular formula is C20H20ClN3O4. The van der Waals surface area contributed by atoms with Gasteiger partial charge in [-0.1, -0.05) is 17.7 Å². The third kappa shape index (κ3) is 4.61. The summed E-state index contributed by atoms with van der Waals surface area (Å²) in [5.74, 6) is -0.916. The SMILES string of the molecule is Cc1ccc(Cl)cc1NC(=O)COc1ccc(N2CC(C(N)=O)CC2=O)cc1. The van der Waals surface area contributed by atoms with E-state index in [4.69, 9.17) is 22.1 Å². The topological polar surface area (TPSA) is 102 Å². The number of carbonyl (C=O) groups is 3. The van der Waals surface area contributed by atoms with Gasteiger partial charge in [-0.3, -0.25) is 14.4 Å². The van der Waals surface area contributed by atoms with Crippen LogP contribution >= 0.6 is 11.6 Å². The molecule has 3 rings (SSSR count). The van der Waals surface area contributed by atoms with Crippen LogP contribution in [0.15, 0.2) is 42.5 Å². The summed E-state index contributed by atoms with van der Waals surface area (Å²) >= 11 is 5.94. The molecule has 1 saturated heterocycles. The van der Waals surface area contributed by atoms with Crippen LogP contribution in [-0.2, 0) is 14.4 Å². The summed E-state index contributed by atoms with van der Waals surface area (Å²) < 4.78 is 5.49. The maximum atomic E-state index is 12.1. The largest absolute Gasteiger partial charge is 0.484 e. The number of rotatable bonds is 6. The second kappa shape index (κ2) is 8.31. The fourth-order valence-corrected chi connectivity index (χ4v) is 3.11. The van der Waals surface area contributed by atoms with E-state index in [-0.39, 0.29) is 31.4 Å². The first-order valence-electron chi connectivity index (χ1n) is 8.72. The lowest BCUT2D eigenvalue weighted by molar-refractivity contribution is -0.123. The zero-order valence-electron chi connectivity index (χ0n) is 15.3. The molecule has 0 aromatic heterocycles. The molecule has 7 nitrogen and oxygen atoms in total. The Labute approximate surface area is 167 Å². The average Bonchev–Trinajstić information content (AvgIpc) is 3.05. The van der Waals surface area contributed by atoms with Gasteiger partial charge in [-0.25, -0.2) is 0 Å². The van der Waals surface area contributed by atoms with Crippen LogP contribution in [0.3, 0.4) is 0 Å². The highest BCUT2D eigenvalue weighted by atomic mass is 35.5. The molecule has 0 radical (unpaired) electrons. The lowest BCUT2D eigenvalue weighted by atomic mass is 10.1. The third-order valence-corrected chi connectivity index (χ3v) is 4.75. The summed E-state index contributed by atoms with van der Waals surface area (Å²) in [4.78, 5) is 36.9. The van der Waals surface area contributed by atoms with Crippen LogP contribution < -0.4 is 20.7 Å². The summed E-state index contributed by atoms with van der Waals surface area (Å²) in [6.07, 6.45) is 0.122. The minimum atomic E-state index is -0.475. The maximum Gasteiger partial charge on any atom is 0.262 e. The Kier molecular flexibility index (Phi) is 5.84. The molecule has 28 heavy (non-hydrogen) atoms. The van der Waals surface area contributed by atoms with Crippen LogP contribution in [0, 0.1) is 12.8 Å². The van der Waals surface area contributed by atoms with Crippen LogP contribution in [0.4, 0.5) is 11.4 Å². The van der Waals surface area contributed by atoms with Crippen molar-refractivity contribution in [3.8, 4) is 5.75 Å². The number of benzene rings is 2. The van der Waals surface area contributed by atoms with E-state index in [9.17, 15) is 14.4 Å². The molecule has 1 fully saturated rings. The van der Waals surface area contributed by atoms with E-state index >= 15 is 0 Å². The highest BCUT2D eigenvalue weighted by molar-refractivity contribution is 6.31. The summed E-state index contributed by atoms with van der Waals surface area (Å²) in [6.45, 7) is 1.97. The number of halogens is 1. The van der Waals surface area contributed by atoms with Gasteiger partial charge in [0.05, 0.1) is 5.92 Å². The molecule has 1 heterocycles. The van der Waals surface area contributed by atoms with E-state index in [1.807, 2.05) is 13.0 Å². The van der Waals surface area contributed by atoms with Crippen LogP contribution in [0.1, 0.15) is 12.0 Å². The van der Waals surface area contributed by atoms with Gasteiger partial charge in [0, 0.05) is 29.4 Å². The third-order valence-electron chi connectivity index (χ3n) is 4.52. The van der Waals surface area contributed by atoms with Crippen LogP contribution in [-0.4, -0.2) is 30.9 Å². The number of hydrogen-bond acceptors (Lipinski definition) is 4. The molecule has 0 saturated carbocycles. The van der Waals surface area contributed by atoms with E-state index in [0.29, 0.717) is 22.1 Å². The minimum Gasteiger partial charge on any atom is -0.484 e. The summed E-state index contributed by atoms with van der Waals surface area (Å²) in [5, 5.41) is 3.29. The fraction of sp³-hybridized carbons (Fsp3) is 0.250. The highest BCUT2D eigenvalue weighted by Crippen LogP contribution is 2.27. The van der Waals surface area contributed by atoms with Crippen molar-refractivity contribution in [1.29, 1.82) is 0 Å². The van der Waals surface area contributed by atoms with Crippen LogP contribution in [0.2, 0.25) is 5.02 Å². The van der Waals surface area contributed by atoms with Crippen molar-refractivity contribution in [1.82, 2.24) is 0 Å². The van der Waals surface area contributed by atoms with Crippen LogP contribution in [0.25, 0.3) is 0 Å². The Morgan fingerprint density at radius 2 is 1.96 bits per heavy atom. The number of nitrogens with zero attached hydrogens (tertiary/aromatic N) is 1. The van der Waals surface area contributed by atoms with Gasteiger partial charge in [0.1, 0.15) is 5.75 Å². The van der Waals surface area contributed by atoms with Gasteiger partial charge in [-0.2, -0.15) is 0 Å². The van der Waals surface area contributed by atoms with Crippen LogP contribution in [0.5, 0.6) is 5.75 Å². The van der Waals surface area contributed by atoms with Gasteiger partial charge >= 0.3 is 0 Å². The lowest BCUT2D eigenvalue weighted by Crippen LogP contribution is -2.28. The molecule has 1 unspecified atom stereocenters. The average molecular weight is 402 g/mol. The number of nitrogens with two attached hydrogens (primary N) is 1. The predicted molar refractivity (Wildman–Crippen MR) is 106 cm³/mol. The number of nitrogens with one attached hydrogen (secondary N) is 1. The first-order chi connectivity index (χ1) is 13.3. The second-order valence-corrected chi connectivity index (χ2v) is 7.03. The molecule has 2 aromatic carbocycles. The maximum absolute atomic E-state index is 12.1. The molecule has 1 aliphatic rings. The Hall–Kier alpha value is -3.06. The van der Waals surface area contributed by atoms with Crippen molar-refractivity contribution in [3.63, 3.8) is 0 Å². The molecular weight excluding hydrogens is 382 g/mol. The lowest BCUT2D eigenvalue weighted by Gasteiger charge is -2.16. The summed E-state index contributed by atoms with van der Waals surface area (Å²) in [7, 11) is 0. The standard InChI is InChI=1S/C20H20ClN3O4/c1-12-2-3-14(21)9-17(12)23-18(25)11-28-16-6-4-15(5-7-16)24-10-13(20(22)27)8-19(24)26/h2-7,9,13H,8,10-11H2,1H3,(H2,22,27)(H,23,25). The van der Waals surface area contributed by atoms with Gasteiger partial charge < -0.3 is 20.7 Å². The number of ether oxygens (including phenoxy) is 1. The van der Waals surface area contributed by atoms with Crippen molar-refractivity contribution < 1.29 is 19.1 Å². The molecule has 3 amide bonds. The Morgan fingerprint density at radius 3 is 2.61 bits per heavy atom. The minimum absolute atomic E-state index is 0.122. The Balaban J connectivity index is 1.56. The second-order valence-electron chi connectivity index (χ2n) is 6.60. The molecule has 0 spiro atoms. The van der Waals surface area contributed by atoms with E-state index in [1.54, 1.807) is 36.4 Å². The molecule has 8 heteroatoms. The Morgan fingerprint density at radius 1 is 1.25 bits per heavy atom. The predicted octanol–water partition coefficient (Wildman–Crippen LogP) is 2.50. The monoisotopic (exact) mass is 401 g/mol. The normalized spacial score (nSPS) is 16.1. The number of carbonyl (C=O) groups excluding carboxylic acids is 3. The van der Waals surface area contributed by atoms with Crippen molar-refractivity contribution in [2.24, 2.45) is 11.7 Å². The van der Waals surface area contributed by atoms with Gasteiger partial charge in [-0.05, 0) is 48.9 Å². The van der Waals surface area contributed by atoms with E-state index in [1.165, 1.54) is 4.90 Å². The van der Waals surface area contributed by atoms with Crippen molar-refractivity contribution in [2.45, 2.75) is 13.3 Å². The number of hydrogen-bond donors (Lipinski definition) is 2. The zero-order valence-corrected chi connectivity index (χ0v) is 16.0. The molecule has 3 N–H and O–H groups in total. The van der Waals surface area contributed by atoms with E-state index in [0.717, 1.165) is 5.56 Å². The van der Waals surface area contributed by atoms with E-state index in [2.05, 4.69) is 5.32 Å². The molecule has 0 bridgehead atoms. The number of amides is 3. The highest BCUT2D eigenvalue weighted by Gasteiger charge is 2.33. The molecule has 1 atom stereocenters. The first kappa shape index (κ1) is 19.7. The zero-order chi connectivity index (χ0) is 20.3. The molecule has 146 valence electrons. The molecule has 2 aromatic rings.